The van der Waals surface area contributed by atoms with Crippen molar-refractivity contribution in [2.75, 3.05) is 14.2 Å². The molecule has 1 aromatic carbocycles. The third-order valence-corrected chi connectivity index (χ3v) is 1.95. The molecule has 0 unspecified atom stereocenters. The summed E-state index contributed by atoms with van der Waals surface area (Å²) in [5.41, 5.74) is 2.01. The topological polar surface area (TPSA) is 50.7 Å². The maximum atomic E-state index is 11.0. The minimum Gasteiger partial charge on any atom is -0.453 e. The summed E-state index contributed by atoms with van der Waals surface area (Å²) in [6.07, 6.45) is -0.517. The molecule has 0 spiro atoms. The van der Waals surface area contributed by atoms with Crippen molar-refractivity contribution in [2.45, 2.75) is 6.92 Å². The minimum absolute atomic E-state index is 0.502. The van der Waals surface area contributed by atoms with Crippen molar-refractivity contribution in [3.05, 3.63) is 35.4 Å². The molecular weight excluding hydrogens is 192 g/mol. The minimum atomic E-state index is -0.517. The molecule has 15 heavy (non-hydrogen) atoms. The van der Waals surface area contributed by atoms with E-state index < -0.39 is 6.09 Å². The molecule has 0 radical (unpaired) electrons. The zero-order valence-electron chi connectivity index (χ0n) is 9.07. The number of benzene rings is 1. The van der Waals surface area contributed by atoms with Crippen LogP contribution in [0.1, 0.15) is 11.1 Å². The van der Waals surface area contributed by atoms with Crippen LogP contribution in [0.4, 0.5) is 4.79 Å². The van der Waals surface area contributed by atoms with Crippen LogP contribution in [0, 0.1) is 6.92 Å². The Morgan fingerprint density at radius 2 is 1.93 bits per heavy atom. The van der Waals surface area contributed by atoms with Gasteiger partial charge < -0.3 is 4.74 Å². The van der Waals surface area contributed by atoms with E-state index in [0.717, 1.165) is 11.1 Å². The van der Waals surface area contributed by atoms with Gasteiger partial charge in [0, 0.05) is 12.6 Å². The number of ether oxygens (including phenoxy) is 1. The summed E-state index contributed by atoms with van der Waals surface area (Å²) in [4.78, 5) is 15.0. The number of hydrogen-bond donors (Lipinski definition) is 1. The highest BCUT2D eigenvalue weighted by molar-refractivity contribution is 6.06. The van der Waals surface area contributed by atoms with Crippen LogP contribution in [0.5, 0.6) is 0 Å². The number of amides is 1. The average molecular weight is 206 g/mol. The van der Waals surface area contributed by atoms with Crippen molar-refractivity contribution >= 4 is 11.9 Å². The van der Waals surface area contributed by atoms with Gasteiger partial charge in [-0.25, -0.2) is 4.79 Å². The molecule has 0 aliphatic rings. The molecule has 1 aromatic rings. The van der Waals surface area contributed by atoms with E-state index >= 15 is 0 Å². The number of aliphatic imine (C=N–C) groups is 1. The number of nitrogens with one attached hydrogen (secondary N) is 1. The first kappa shape index (κ1) is 11.2. The predicted molar refractivity (Wildman–Crippen MR) is 59.2 cm³/mol. The van der Waals surface area contributed by atoms with Crippen LogP contribution in [0.3, 0.4) is 0 Å². The summed E-state index contributed by atoms with van der Waals surface area (Å²) in [5, 5.41) is 2.54. The Morgan fingerprint density at radius 1 is 1.33 bits per heavy atom. The zero-order valence-corrected chi connectivity index (χ0v) is 9.07. The molecule has 0 saturated heterocycles. The molecule has 0 fully saturated rings. The van der Waals surface area contributed by atoms with Crippen molar-refractivity contribution in [3.63, 3.8) is 0 Å². The normalized spacial score (nSPS) is 11.0. The largest absolute Gasteiger partial charge is 0.453 e. The number of rotatable bonds is 1. The molecule has 1 rings (SSSR count). The number of carbonyl (C=O) groups excluding carboxylic acids is 1. The number of alkyl carbamates (subject to hydrolysis) is 1. The molecule has 4 nitrogen and oxygen atoms in total. The standard InChI is InChI=1S/C11H14N2O2/c1-8-4-6-9(7-5-8)10(12-2)13-11(14)15-3/h4-7H,1-3H3,(H,12,13,14). The van der Waals surface area contributed by atoms with E-state index in [1.165, 1.54) is 7.11 Å². The molecular formula is C11H14N2O2. The molecule has 0 aromatic heterocycles. The van der Waals surface area contributed by atoms with Crippen LogP contribution in [-0.4, -0.2) is 26.1 Å². The van der Waals surface area contributed by atoms with Crippen molar-refractivity contribution < 1.29 is 9.53 Å². The third-order valence-electron chi connectivity index (χ3n) is 1.95. The van der Waals surface area contributed by atoms with E-state index in [2.05, 4.69) is 15.0 Å². The highest BCUT2D eigenvalue weighted by Gasteiger charge is 2.06. The van der Waals surface area contributed by atoms with Gasteiger partial charge in [0.2, 0.25) is 0 Å². The second-order valence-electron chi connectivity index (χ2n) is 3.05. The Hall–Kier alpha value is -1.84. The second kappa shape index (κ2) is 5.14. The summed E-state index contributed by atoms with van der Waals surface area (Å²) in [6, 6.07) is 7.71. The fourth-order valence-corrected chi connectivity index (χ4v) is 1.12. The van der Waals surface area contributed by atoms with Crippen molar-refractivity contribution in [2.24, 2.45) is 4.99 Å². The SMILES string of the molecule is CN=C(NC(=O)OC)c1ccc(C)cc1. The van der Waals surface area contributed by atoms with Crippen LogP contribution < -0.4 is 5.32 Å². The average Bonchev–Trinajstić information content (AvgIpc) is 2.27. The van der Waals surface area contributed by atoms with E-state index in [9.17, 15) is 4.79 Å². The van der Waals surface area contributed by atoms with Gasteiger partial charge in [-0.1, -0.05) is 29.8 Å². The van der Waals surface area contributed by atoms with Crippen molar-refractivity contribution in [1.82, 2.24) is 5.32 Å². The van der Waals surface area contributed by atoms with Crippen LogP contribution in [0.2, 0.25) is 0 Å². The number of nitrogens with zero attached hydrogens (tertiary/aromatic N) is 1. The molecule has 0 saturated carbocycles. The van der Waals surface area contributed by atoms with Crippen LogP contribution in [-0.2, 0) is 4.74 Å². The lowest BCUT2D eigenvalue weighted by molar-refractivity contribution is 0.177. The van der Waals surface area contributed by atoms with Gasteiger partial charge in [0.1, 0.15) is 5.84 Å². The van der Waals surface area contributed by atoms with Gasteiger partial charge in [0.15, 0.2) is 0 Å². The highest BCUT2D eigenvalue weighted by Crippen LogP contribution is 2.03. The molecule has 0 bridgehead atoms. The lowest BCUT2D eigenvalue weighted by atomic mass is 10.1. The maximum Gasteiger partial charge on any atom is 0.412 e. The molecule has 1 N–H and O–H groups in total. The van der Waals surface area contributed by atoms with Crippen LogP contribution in [0.25, 0.3) is 0 Å². The van der Waals surface area contributed by atoms with E-state index in [1.807, 2.05) is 31.2 Å². The summed E-state index contributed by atoms with van der Waals surface area (Å²) in [7, 11) is 2.93. The Balaban J connectivity index is 2.84. The molecule has 0 heterocycles. The monoisotopic (exact) mass is 206 g/mol. The van der Waals surface area contributed by atoms with E-state index in [1.54, 1.807) is 7.05 Å². The summed E-state index contributed by atoms with van der Waals surface area (Å²) in [5.74, 6) is 0.502. The predicted octanol–water partition coefficient (Wildman–Crippen LogP) is 1.73. The van der Waals surface area contributed by atoms with Gasteiger partial charge in [0.25, 0.3) is 0 Å². The lowest BCUT2D eigenvalue weighted by Gasteiger charge is -2.07. The highest BCUT2D eigenvalue weighted by atomic mass is 16.5. The molecule has 4 heteroatoms. The second-order valence-corrected chi connectivity index (χ2v) is 3.05. The van der Waals surface area contributed by atoms with E-state index in [0.29, 0.717) is 5.84 Å². The Morgan fingerprint density at radius 3 is 2.40 bits per heavy atom. The summed E-state index contributed by atoms with van der Waals surface area (Å²) >= 11 is 0. The summed E-state index contributed by atoms with van der Waals surface area (Å²) in [6.45, 7) is 2.00. The molecule has 80 valence electrons. The lowest BCUT2D eigenvalue weighted by Crippen LogP contribution is -2.31. The quantitative estimate of drug-likeness (QED) is 0.562. The van der Waals surface area contributed by atoms with Crippen LogP contribution >= 0.6 is 0 Å². The first-order chi connectivity index (χ1) is 7.17. The van der Waals surface area contributed by atoms with Gasteiger partial charge in [0.05, 0.1) is 7.11 Å². The molecule has 1 amide bonds. The Bertz CT molecular complexity index is 369. The van der Waals surface area contributed by atoms with Crippen molar-refractivity contribution in [3.8, 4) is 0 Å². The van der Waals surface area contributed by atoms with Crippen LogP contribution in [0.15, 0.2) is 29.3 Å². The smallest absolute Gasteiger partial charge is 0.412 e. The van der Waals surface area contributed by atoms with E-state index in [-0.39, 0.29) is 0 Å². The van der Waals surface area contributed by atoms with Gasteiger partial charge in [-0.3, -0.25) is 10.3 Å². The Kier molecular flexibility index (Phi) is 3.85. The van der Waals surface area contributed by atoms with Gasteiger partial charge in [-0.15, -0.1) is 0 Å². The zero-order chi connectivity index (χ0) is 11.3. The fraction of sp³-hybridized carbons (Fsp3) is 0.273. The Labute approximate surface area is 89.0 Å². The number of carbonyl (C=O) groups is 1. The molecule has 0 aliphatic carbocycles. The van der Waals surface area contributed by atoms with Crippen molar-refractivity contribution in [1.29, 1.82) is 0 Å². The molecule has 0 atom stereocenters. The number of amidine groups is 1. The number of methoxy groups -OCH3 is 1. The third kappa shape index (κ3) is 3.09. The number of hydrogen-bond acceptors (Lipinski definition) is 3. The van der Waals surface area contributed by atoms with Gasteiger partial charge >= 0.3 is 6.09 Å². The molecule has 0 aliphatic heterocycles. The van der Waals surface area contributed by atoms with Gasteiger partial charge in [-0.2, -0.15) is 0 Å². The maximum absolute atomic E-state index is 11.0. The van der Waals surface area contributed by atoms with E-state index in [4.69, 9.17) is 0 Å². The first-order valence-electron chi connectivity index (χ1n) is 4.56. The van der Waals surface area contributed by atoms with Gasteiger partial charge in [-0.05, 0) is 6.92 Å². The first-order valence-corrected chi connectivity index (χ1v) is 4.56. The fourth-order valence-electron chi connectivity index (χ4n) is 1.12. The number of aryl methyl sites for hydroxylation is 1. The summed E-state index contributed by atoms with van der Waals surface area (Å²) < 4.78 is 4.50.